The zero-order chi connectivity index (χ0) is 25.3. The monoisotopic (exact) mass is 540 g/mol. The molecule has 0 bridgehead atoms. The Balaban J connectivity index is 1.69. The smallest absolute Gasteiger partial charge is 0.349 e. The van der Waals surface area contributed by atoms with Crippen molar-refractivity contribution in [3.63, 3.8) is 0 Å². The predicted octanol–water partition coefficient (Wildman–Crippen LogP) is 3.27. The lowest BCUT2D eigenvalue weighted by Crippen LogP contribution is -2.37. The van der Waals surface area contributed by atoms with Crippen molar-refractivity contribution in [3.05, 3.63) is 84.7 Å². The van der Waals surface area contributed by atoms with Crippen LogP contribution in [0.15, 0.2) is 56.7 Å². The number of H-pyrrole nitrogens is 1. The molecule has 0 unspecified atom stereocenters. The molecule has 35 heavy (non-hydrogen) atoms. The largest absolute Gasteiger partial charge is 0.507 e. The summed E-state index contributed by atoms with van der Waals surface area (Å²) in [6, 6.07) is 9.64. The summed E-state index contributed by atoms with van der Waals surface area (Å²) in [6.07, 6.45) is 1.52. The van der Waals surface area contributed by atoms with E-state index in [1.165, 1.54) is 12.3 Å². The minimum atomic E-state index is -0.905. The van der Waals surface area contributed by atoms with Crippen LogP contribution in [0.2, 0.25) is 0 Å². The van der Waals surface area contributed by atoms with Crippen LogP contribution in [0.25, 0.3) is 5.69 Å². The topological polar surface area (TPSA) is 144 Å². The number of nitrogens with one attached hydrogen (secondary N) is 2. The molecule has 1 amide bonds. The second-order valence-electron chi connectivity index (χ2n) is 7.63. The SMILES string of the molecule is CCn1nccc1NC(=O)c1nn(-c2cc(C)c(Oc3ccc(O)c(Br)c3)c(C)c2)c(=O)[nH]c1=O. The van der Waals surface area contributed by atoms with E-state index in [2.05, 4.69) is 36.4 Å². The average molecular weight is 541 g/mol. The summed E-state index contributed by atoms with van der Waals surface area (Å²) in [4.78, 5) is 39.8. The van der Waals surface area contributed by atoms with Gasteiger partial charge in [-0.1, -0.05) is 0 Å². The fourth-order valence-corrected chi connectivity index (χ4v) is 3.83. The van der Waals surface area contributed by atoms with Crippen molar-refractivity contribution in [1.82, 2.24) is 24.5 Å². The number of aromatic hydroxyl groups is 1. The first kappa shape index (κ1) is 24.0. The van der Waals surface area contributed by atoms with E-state index < -0.39 is 22.9 Å². The molecule has 0 saturated heterocycles. The standard InChI is InChI=1S/C23H21BrN6O5/c1-4-29-18(7-8-25-29)26-21(32)19-22(33)27-23(34)30(28-19)14-9-12(2)20(13(3)10-14)35-15-5-6-17(31)16(24)11-15/h5-11,31H,4H2,1-3H3,(H,26,32)(H,27,33,34). The Bertz CT molecular complexity index is 1530. The maximum Gasteiger partial charge on any atom is 0.349 e. The molecule has 4 aromatic rings. The Kier molecular flexibility index (Phi) is 6.56. The number of aromatic amines is 1. The molecule has 3 N–H and O–H groups in total. The molecule has 2 aromatic carbocycles. The van der Waals surface area contributed by atoms with Crippen molar-refractivity contribution in [3.8, 4) is 22.9 Å². The van der Waals surface area contributed by atoms with E-state index in [0.717, 1.165) is 4.68 Å². The first-order valence-corrected chi connectivity index (χ1v) is 11.3. The second-order valence-corrected chi connectivity index (χ2v) is 8.48. The number of carbonyl (C=O) groups is 1. The van der Waals surface area contributed by atoms with E-state index in [4.69, 9.17) is 4.74 Å². The van der Waals surface area contributed by atoms with Gasteiger partial charge in [0.05, 0.1) is 16.4 Å². The molecule has 0 fully saturated rings. The number of hydrogen-bond donors (Lipinski definition) is 3. The van der Waals surface area contributed by atoms with E-state index in [0.29, 0.717) is 45.1 Å². The van der Waals surface area contributed by atoms with Gasteiger partial charge in [0.15, 0.2) is 0 Å². The number of ether oxygens (including phenoxy) is 1. The molecule has 12 heteroatoms. The molecule has 2 heterocycles. The highest BCUT2D eigenvalue weighted by atomic mass is 79.9. The second kappa shape index (κ2) is 9.58. The van der Waals surface area contributed by atoms with Crippen molar-refractivity contribution in [2.75, 3.05) is 5.32 Å². The molecular formula is C23H21BrN6O5. The number of carbonyl (C=O) groups excluding carboxylic acids is 1. The van der Waals surface area contributed by atoms with Gasteiger partial charge in [0.1, 0.15) is 23.1 Å². The number of aryl methyl sites for hydroxylation is 3. The molecule has 0 spiro atoms. The summed E-state index contributed by atoms with van der Waals surface area (Å²) >= 11 is 3.25. The molecule has 0 aliphatic heterocycles. The molecule has 0 aliphatic carbocycles. The van der Waals surface area contributed by atoms with E-state index in [1.807, 2.05) is 6.92 Å². The summed E-state index contributed by atoms with van der Waals surface area (Å²) in [5.41, 5.74) is -0.465. The van der Waals surface area contributed by atoms with Gasteiger partial charge in [0.25, 0.3) is 11.5 Å². The highest BCUT2D eigenvalue weighted by Crippen LogP contribution is 2.34. The maximum atomic E-state index is 12.7. The van der Waals surface area contributed by atoms with Gasteiger partial charge in [-0.05, 0) is 78.2 Å². The zero-order valence-electron chi connectivity index (χ0n) is 19.0. The fourth-order valence-electron chi connectivity index (χ4n) is 3.47. The summed E-state index contributed by atoms with van der Waals surface area (Å²) in [7, 11) is 0. The Morgan fingerprint density at radius 1 is 1.17 bits per heavy atom. The van der Waals surface area contributed by atoms with Gasteiger partial charge < -0.3 is 15.2 Å². The number of nitrogens with zero attached hydrogens (tertiary/aromatic N) is 4. The van der Waals surface area contributed by atoms with Crippen molar-refractivity contribution < 1.29 is 14.6 Å². The number of hydrogen-bond acceptors (Lipinski definition) is 7. The Morgan fingerprint density at radius 2 is 1.89 bits per heavy atom. The fraction of sp³-hybridized carbons (Fsp3) is 0.174. The third-order valence-electron chi connectivity index (χ3n) is 5.13. The average Bonchev–Trinajstić information content (AvgIpc) is 3.25. The quantitative estimate of drug-likeness (QED) is 0.340. The zero-order valence-corrected chi connectivity index (χ0v) is 20.6. The Morgan fingerprint density at radius 3 is 2.54 bits per heavy atom. The first-order chi connectivity index (χ1) is 16.7. The van der Waals surface area contributed by atoms with Crippen LogP contribution in [0.5, 0.6) is 17.2 Å². The van der Waals surface area contributed by atoms with E-state index in [9.17, 15) is 19.5 Å². The van der Waals surface area contributed by atoms with Gasteiger partial charge in [-0.25, -0.2) is 9.48 Å². The molecule has 0 saturated carbocycles. The van der Waals surface area contributed by atoms with Crippen molar-refractivity contribution in [2.24, 2.45) is 0 Å². The summed E-state index contributed by atoms with van der Waals surface area (Å²) < 4.78 is 8.96. The normalized spacial score (nSPS) is 10.9. The van der Waals surface area contributed by atoms with Gasteiger partial charge in [-0.2, -0.15) is 14.9 Å². The minimum Gasteiger partial charge on any atom is -0.507 e. The molecular weight excluding hydrogens is 520 g/mol. The Labute approximate surface area is 207 Å². The number of anilines is 1. The number of amides is 1. The summed E-state index contributed by atoms with van der Waals surface area (Å²) in [6.45, 7) is 5.95. The minimum absolute atomic E-state index is 0.0867. The van der Waals surface area contributed by atoms with E-state index in [-0.39, 0.29) is 5.75 Å². The van der Waals surface area contributed by atoms with Gasteiger partial charge in [0, 0.05) is 12.6 Å². The van der Waals surface area contributed by atoms with Gasteiger partial charge >= 0.3 is 5.69 Å². The van der Waals surface area contributed by atoms with Gasteiger partial charge in [0.2, 0.25) is 5.69 Å². The van der Waals surface area contributed by atoms with Crippen LogP contribution in [0.1, 0.15) is 28.5 Å². The lowest BCUT2D eigenvalue weighted by atomic mass is 10.1. The lowest BCUT2D eigenvalue weighted by molar-refractivity contribution is 0.101. The molecule has 0 radical (unpaired) electrons. The van der Waals surface area contributed by atoms with E-state index >= 15 is 0 Å². The summed E-state index contributed by atoms with van der Waals surface area (Å²) in [5, 5.41) is 20.4. The molecule has 4 rings (SSSR count). The number of halogens is 1. The first-order valence-electron chi connectivity index (χ1n) is 10.5. The van der Waals surface area contributed by atoms with Crippen molar-refractivity contribution in [2.45, 2.75) is 27.3 Å². The lowest BCUT2D eigenvalue weighted by Gasteiger charge is -2.15. The van der Waals surface area contributed by atoms with Crippen LogP contribution in [-0.4, -0.2) is 35.6 Å². The molecule has 0 aliphatic rings. The van der Waals surface area contributed by atoms with Crippen LogP contribution in [0, 0.1) is 13.8 Å². The van der Waals surface area contributed by atoms with Crippen molar-refractivity contribution >= 4 is 27.7 Å². The van der Waals surface area contributed by atoms with E-state index in [1.54, 1.807) is 48.9 Å². The number of phenolic OH excluding ortho intramolecular Hbond substituents is 1. The summed E-state index contributed by atoms with van der Waals surface area (Å²) in [5.74, 6) is 0.753. The third kappa shape index (κ3) is 4.87. The molecule has 2 aromatic heterocycles. The number of rotatable bonds is 6. The third-order valence-corrected chi connectivity index (χ3v) is 5.76. The van der Waals surface area contributed by atoms with Crippen molar-refractivity contribution in [1.29, 1.82) is 0 Å². The van der Waals surface area contributed by atoms with Crippen LogP contribution in [-0.2, 0) is 6.54 Å². The van der Waals surface area contributed by atoms with Gasteiger partial charge in [-0.15, -0.1) is 0 Å². The number of phenols is 1. The van der Waals surface area contributed by atoms with Crippen LogP contribution in [0.4, 0.5) is 5.82 Å². The van der Waals surface area contributed by atoms with Crippen LogP contribution >= 0.6 is 15.9 Å². The molecule has 11 nitrogen and oxygen atoms in total. The molecule has 180 valence electrons. The van der Waals surface area contributed by atoms with Crippen LogP contribution in [0.3, 0.4) is 0 Å². The van der Waals surface area contributed by atoms with Gasteiger partial charge in [-0.3, -0.25) is 14.6 Å². The Hall–Kier alpha value is -4.19. The van der Waals surface area contributed by atoms with Crippen LogP contribution < -0.4 is 21.3 Å². The number of aromatic nitrogens is 5. The highest BCUT2D eigenvalue weighted by Gasteiger charge is 2.19. The molecule has 0 atom stereocenters. The highest BCUT2D eigenvalue weighted by molar-refractivity contribution is 9.10. The number of benzene rings is 2. The maximum absolute atomic E-state index is 12.7. The predicted molar refractivity (Wildman–Crippen MR) is 132 cm³/mol.